The number of allylic oxidation sites excluding steroid dienone is 2. The highest BCUT2D eigenvalue weighted by atomic mass is 32.1. The van der Waals surface area contributed by atoms with Crippen molar-refractivity contribution in [1.29, 1.82) is 0 Å². The number of anilines is 1. The molecule has 33 heavy (non-hydrogen) atoms. The van der Waals surface area contributed by atoms with Gasteiger partial charge in [-0.15, -0.1) is 0 Å². The lowest BCUT2D eigenvalue weighted by atomic mass is 9.86. The second kappa shape index (κ2) is 8.94. The Kier molecular flexibility index (Phi) is 5.85. The van der Waals surface area contributed by atoms with Crippen molar-refractivity contribution in [1.82, 2.24) is 4.57 Å². The molecule has 1 aliphatic carbocycles. The maximum Gasteiger partial charge on any atom is 0.271 e. The van der Waals surface area contributed by atoms with Gasteiger partial charge in [-0.05, 0) is 56.0 Å². The third kappa shape index (κ3) is 3.89. The lowest BCUT2D eigenvalue weighted by Gasteiger charge is -2.28. The number of thiazole rings is 1. The first kappa shape index (κ1) is 21.6. The van der Waals surface area contributed by atoms with Gasteiger partial charge in [-0.3, -0.25) is 14.2 Å². The van der Waals surface area contributed by atoms with Crippen LogP contribution in [0.25, 0.3) is 6.08 Å². The molecular weight excluding hydrogens is 430 g/mol. The molecule has 2 heterocycles. The van der Waals surface area contributed by atoms with Gasteiger partial charge in [-0.2, -0.15) is 0 Å². The SMILES string of the molecule is CCN(CC)c1ccc(C=c2sc3n(c2=O)C(c2ccccc2)C2=C(CCCC2=O)N=3)cc1. The number of ketones is 1. The lowest BCUT2D eigenvalue weighted by molar-refractivity contribution is -0.116. The summed E-state index contributed by atoms with van der Waals surface area (Å²) in [5.74, 6) is 0.107. The van der Waals surface area contributed by atoms with Gasteiger partial charge in [0.2, 0.25) is 0 Å². The zero-order valence-electron chi connectivity index (χ0n) is 19.0. The van der Waals surface area contributed by atoms with Crippen LogP contribution in [-0.4, -0.2) is 23.4 Å². The Labute approximate surface area is 197 Å². The van der Waals surface area contributed by atoms with Gasteiger partial charge < -0.3 is 4.90 Å². The zero-order valence-corrected chi connectivity index (χ0v) is 19.8. The number of rotatable bonds is 5. The van der Waals surface area contributed by atoms with Gasteiger partial charge in [0, 0.05) is 30.8 Å². The van der Waals surface area contributed by atoms with Crippen LogP contribution in [0.5, 0.6) is 0 Å². The Hall–Kier alpha value is -3.25. The number of Topliss-reactive ketones (excluding diaryl/α,β-unsaturated/α-hetero) is 1. The summed E-state index contributed by atoms with van der Waals surface area (Å²) in [6.45, 7) is 6.20. The average molecular weight is 458 g/mol. The van der Waals surface area contributed by atoms with Crippen LogP contribution in [0, 0.1) is 0 Å². The highest BCUT2D eigenvalue weighted by molar-refractivity contribution is 7.07. The van der Waals surface area contributed by atoms with Crippen molar-refractivity contribution in [3.63, 3.8) is 0 Å². The van der Waals surface area contributed by atoms with E-state index in [2.05, 4.69) is 43.0 Å². The minimum absolute atomic E-state index is 0.0923. The average Bonchev–Trinajstić information content (AvgIpc) is 3.15. The summed E-state index contributed by atoms with van der Waals surface area (Å²) in [6, 6.07) is 17.7. The first-order chi connectivity index (χ1) is 16.1. The van der Waals surface area contributed by atoms with Crippen molar-refractivity contribution >= 4 is 28.9 Å². The fourth-order valence-corrected chi connectivity index (χ4v) is 5.80. The van der Waals surface area contributed by atoms with E-state index in [1.165, 1.54) is 17.0 Å². The Balaban J connectivity index is 1.64. The van der Waals surface area contributed by atoms with Crippen LogP contribution >= 0.6 is 11.3 Å². The molecule has 1 unspecified atom stereocenters. The van der Waals surface area contributed by atoms with Crippen LogP contribution in [-0.2, 0) is 4.79 Å². The van der Waals surface area contributed by atoms with Gasteiger partial charge in [-0.25, -0.2) is 4.99 Å². The van der Waals surface area contributed by atoms with Crippen molar-refractivity contribution in [2.75, 3.05) is 18.0 Å². The van der Waals surface area contributed by atoms with E-state index in [1.54, 1.807) is 4.57 Å². The maximum absolute atomic E-state index is 13.6. The minimum Gasteiger partial charge on any atom is -0.372 e. The molecule has 5 nitrogen and oxygen atoms in total. The molecule has 0 saturated heterocycles. The third-order valence-corrected chi connectivity index (χ3v) is 7.45. The molecule has 0 radical (unpaired) electrons. The van der Waals surface area contributed by atoms with Crippen LogP contribution < -0.4 is 19.8 Å². The largest absolute Gasteiger partial charge is 0.372 e. The monoisotopic (exact) mass is 457 g/mol. The Morgan fingerprint density at radius 3 is 2.45 bits per heavy atom. The molecule has 0 bridgehead atoms. The number of hydrogen-bond acceptors (Lipinski definition) is 5. The van der Waals surface area contributed by atoms with E-state index in [9.17, 15) is 9.59 Å². The van der Waals surface area contributed by atoms with Crippen LogP contribution in [0.4, 0.5) is 5.69 Å². The maximum atomic E-state index is 13.6. The summed E-state index contributed by atoms with van der Waals surface area (Å²) in [6.07, 6.45) is 4.05. The van der Waals surface area contributed by atoms with E-state index >= 15 is 0 Å². The Morgan fingerprint density at radius 1 is 1.03 bits per heavy atom. The molecule has 1 aliphatic heterocycles. The molecule has 6 heteroatoms. The molecule has 0 N–H and O–H groups in total. The highest BCUT2D eigenvalue weighted by Gasteiger charge is 2.34. The van der Waals surface area contributed by atoms with Crippen LogP contribution in [0.15, 0.2) is 75.7 Å². The quantitative estimate of drug-likeness (QED) is 0.585. The van der Waals surface area contributed by atoms with Gasteiger partial charge in [0.25, 0.3) is 5.56 Å². The number of aromatic nitrogens is 1. The summed E-state index contributed by atoms with van der Waals surface area (Å²) >= 11 is 1.40. The molecule has 168 valence electrons. The van der Waals surface area contributed by atoms with E-state index in [4.69, 9.17) is 4.99 Å². The third-order valence-electron chi connectivity index (χ3n) is 6.46. The highest BCUT2D eigenvalue weighted by Crippen LogP contribution is 2.35. The smallest absolute Gasteiger partial charge is 0.271 e. The van der Waals surface area contributed by atoms with Crippen molar-refractivity contribution in [2.45, 2.75) is 39.2 Å². The van der Waals surface area contributed by atoms with Gasteiger partial charge >= 0.3 is 0 Å². The van der Waals surface area contributed by atoms with Crippen molar-refractivity contribution in [3.05, 3.63) is 96.7 Å². The normalized spacial score (nSPS) is 18.1. The number of fused-ring (bicyclic) bond motifs is 1. The van der Waals surface area contributed by atoms with Crippen molar-refractivity contribution < 1.29 is 4.79 Å². The topological polar surface area (TPSA) is 54.7 Å². The first-order valence-electron chi connectivity index (χ1n) is 11.6. The fraction of sp³-hybridized carbons (Fsp3) is 0.296. The molecule has 3 aromatic rings. The van der Waals surface area contributed by atoms with Gasteiger partial charge in [0.15, 0.2) is 10.6 Å². The van der Waals surface area contributed by atoms with E-state index in [0.717, 1.165) is 42.8 Å². The molecule has 0 saturated carbocycles. The first-order valence-corrected chi connectivity index (χ1v) is 12.4. The summed E-state index contributed by atoms with van der Waals surface area (Å²) in [5.41, 5.74) is 4.55. The summed E-state index contributed by atoms with van der Waals surface area (Å²) in [7, 11) is 0. The molecular formula is C27H27N3O2S. The van der Waals surface area contributed by atoms with Crippen LogP contribution in [0.1, 0.15) is 50.3 Å². The van der Waals surface area contributed by atoms with E-state index < -0.39 is 6.04 Å². The number of carbonyl (C=O) groups excluding carboxylic acids is 1. The standard InChI is InChI=1S/C27H27N3O2S/c1-3-29(4-2)20-15-13-18(14-16-20)17-23-26(32)30-25(19-9-6-5-7-10-19)24-21(28-27(30)33-23)11-8-12-22(24)31/h5-7,9-10,13-17,25H,3-4,8,11-12H2,1-2H3. The number of nitrogens with zero attached hydrogens (tertiary/aromatic N) is 3. The van der Waals surface area contributed by atoms with Gasteiger partial charge in [-0.1, -0.05) is 53.8 Å². The molecule has 2 aliphatic rings. The number of benzene rings is 2. The number of hydrogen-bond donors (Lipinski definition) is 0. The fourth-order valence-electron chi connectivity index (χ4n) is 4.78. The molecule has 2 aromatic carbocycles. The minimum atomic E-state index is -0.405. The van der Waals surface area contributed by atoms with E-state index in [0.29, 0.717) is 21.3 Å². The second-order valence-electron chi connectivity index (χ2n) is 8.39. The summed E-state index contributed by atoms with van der Waals surface area (Å²) in [4.78, 5) is 34.3. The van der Waals surface area contributed by atoms with Crippen molar-refractivity contribution in [2.24, 2.45) is 4.99 Å². The Bertz CT molecular complexity index is 1390. The number of carbonyl (C=O) groups is 1. The van der Waals surface area contributed by atoms with Crippen molar-refractivity contribution in [3.8, 4) is 0 Å². The summed E-state index contributed by atoms with van der Waals surface area (Å²) < 4.78 is 2.36. The predicted octanol–water partition coefficient (Wildman–Crippen LogP) is 3.81. The molecule has 1 atom stereocenters. The molecule has 5 rings (SSSR count). The van der Waals surface area contributed by atoms with Gasteiger partial charge in [0.05, 0.1) is 16.3 Å². The lowest BCUT2D eigenvalue weighted by Crippen LogP contribution is -2.40. The zero-order chi connectivity index (χ0) is 22.9. The summed E-state index contributed by atoms with van der Waals surface area (Å²) in [5, 5.41) is 0. The Morgan fingerprint density at radius 2 is 1.76 bits per heavy atom. The van der Waals surface area contributed by atoms with Crippen LogP contribution in [0.2, 0.25) is 0 Å². The van der Waals surface area contributed by atoms with E-state index in [1.807, 2.05) is 36.4 Å². The molecule has 0 fully saturated rings. The predicted molar refractivity (Wildman–Crippen MR) is 133 cm³/mol. The van der Waals surface area contributed by atoms with E-state index in [-0.39, 0.29) is 11.3 Å². The molecule has 0 amide bonds. The molecule has 1 aromatic heterocycles. The molecule has 0 spiro atoms. The van der Waals surface area contributed by atoms with Crippen LogP contribution in [0.3, 0.4) is 0 Å². The van der Waals surface area contributed by atoms with Gasteiger partial charge in [0.1, 0.15) is 0 Å². The second-order valence-corrected chi connectivity index (χ2v) is 9.40.